The van der Waals surface area contributed by atoms with Crippen molar-refractivity contribution in [2.75, 3.05) is 5.32 Å². The number of aliphatic hydroxyl groups is 1. The molecule has 2 N–H and O–H groups in total. The molecule has 0 unspecified atom stereocenters. The van der Waals surface area contributed by atoms with Crippen LogP contribution in [0.3, 0.4) is 0 Å². The lowest BCUT2D eigenvalue weighted by Crippen LogP contribution is -2.39. The number of anilines is 1. The van der Waals surface area contributed by atoms with Crippen LogP contribution in [0.4, 0.5) is 5.82 Å². The Hall–Kier alpha value is -1.73. The molecule has 24 heavy (non-hydrogen) atoms. The molecule has 1 aliphatic carbocycles. The standard InChI is InChI=1S/C19H18Cl2N2O/c20-15-4-1-3-14(11-15)6-9-19(24)8-2-5-17(13-19)23-18-12-16(21)7-10-22-18/h1,3-4,7,10-12,17,24H,2,5,8,13H2,(H,22,23)/t17-,19+/m1/s1. The van der Waals surface area contributed by atoms with E-state index in [1.165, 1.54) is 0 Å². The summed E-state index contributed by atoms with van der Waals surface area (Å²) in [6.45, 7) is 0. The minimum atomic E-state index is -1.00. The van der Waals surface area contributed by atoms with Crippen molar-refractivity contribution >= 4 is 29.0 Å². The summed E-state index contributed by atoms with van der Waals surface area (Å²) in [5, 5.41) is 15.4. The first kappa shape index (κ1) is 17.1. The molecule has 3 rings (SSSR count). The maximum Gasteiger partial charge on any atom is 0.127 e. The van der Waals surface area contributed by atoms with Crippen LogP contribution in [0.25, 0.3) is 0 Å². The first-order valence-electron chi connectivity index (χ1n) is 7.92. The van der Waals surface area contributed by atoms with Gasteiger partial charge < -0.3 is 10.4 Å². The monoisotopic (exact) mass is 360 g/mol. The van der Waals surface area contributed by atoms with Crippen LogP contribution in [0.5, 0.6) is 0 Å². The fourth-order valence-electron chi connectivity index (χ4n) is 2.94. The highest BCUT2D eigenvalue weighted by atomic mass is 35.5. The number of nitrogens with one attached hydrogen (secondary N) is 1. The Kier molecular flexibility index (Phi) is 5.30. The molecule has 1 heterocycles. The normalized spacial score (nSPS) is 23.2. The zero-order chi connectivity index (χ0) is 17.0. The SMILES string of the molecule is O[C@]1(C#Cc2cccc(Cl)c2)CCC[C@@H](Nc2cc(Cl)ccn2)C1. The molecule has 2 aromatic rings. The van der Waals surface area contributed by atoms with Gasteiger partial charge in [0.15, 0.2) is 0 Å². The van der Waals surface area contributed by atoms with Gasteiger partial charge in [0.1, 0.15) is 11.4 Å². The molecule has 2 atom stereocenters. The lowest BCUT2D eigenvalue weighted by Gasteiger charge is -2.33. The van der Waals surface area contributed by atoms with Crippen LogP contribution in [0.15, 0.2) is 42.6 Å². The minimum absolute atomic E-state index is 0.114. The smallest absolute Gasteiger partial charge is 0.127 e. The van der Waals surface area contributed by atoms with E-state index in [2.05, 4.69) is 22.1 Å². The molecule has 0 aliphatic heterocycles. The Labute approximate surface area is 152 Å². The molecule has 5 heteroatoms. The lowest BCUT2D eigenvalue weighted by molar-refractivity contribution is 0.0561. The van der Waals surface area contributed by atoms with Crippen LogP contribution in [-0.4, -0.2) is 21.7 Å². The molecule has 0 amide bonds. The zero-order valence-corrected chi connectivity index (χ0v) is 14.6. The number of aromatic nitrogens is 1. The van der Waals surface area contributed by atoms with E-state index in [1.54, 1.807) is 30.5 Å². The average molecular weight is 361 g/mol. The van der Waals surface area contributed by atoms with Crippen LogP contribution in [0.1, 0.15) is 31.2 Å². The van der Waals surface area contributed by atoms with E-state index in [0.717, 1.165) is 24.2 Å². The van der Waals surface area contributed by atoms with E-state index >= 15 is 0 Å². The number of pyridine rings is 1. The molecule has 1 aromatic heterocycles. The van der Waals surface area contributed by atoms with Gasteiger partial charge in [0.25, 0.3) is 0 Å². The van der Waals surface area contributed by atoms with E-state index in [4.69, 9.17) is 23.2 Å². The van der Waals surface area contributed by atoms with Gasteiger partial charge in [-0.05, 0) is 49.6 Å². The molecular formula is C19H18Cl2N2O. The zero-order valence-electron chi connectivity index (χ0n) is 13.1. The summed E-state index contributed by atoms with van der Waals surface area (Å²) in [6, 6.07) is 11.0. The quantitative estimate of drug-likeness (QED) is 0.773. The Morgan fingerprint density at radius 2 is 2.04 bits per heavy atom. The van der Waals surface area contributed by atoms with Crippen molar-refractivity contribution in [3.05, 3.63) is 58.2 Å². The fraction of sp³-hybridized carbons (Fsp3) is 0.316. The van der Waals surface area contributed by atoms with Crippen molar-refractivity contribution in [3.8, 4) is 11.8 Å². The molecule has 1 saturated carbocycles. The predicted molar refractivity (Wildman–Crippen MR) is 98.4 cm³/mol. The van der Waals surface area contributed by atoms with Crippen molar-refractivity contribution in [1.29, 1.82) is 0 Å². The first-order chi connectivity index (χ1) is 11.5. The molecule has 0 bridgehead atoms. The summed E-state index contributed by atoms with van der Waals surface area (Å²) in [4.78, 5) is 4.26. The van der Waals surface area contributed by atoms with Gasteiger partial charge in [0, 0.05) is 34.3 Å². The van der Waals surface area contributed by atoms with Gasteiger partial charge in [-0.2, -0.15) is 0 Å². The molecule has 124 valence electrons. The van der Waals surface area contributed by atoms with Gasteiger partial charge in [-0.1, -0.05) is 41.1 Å². The summed E-state index contributed by atoms with van der Waals surface area (Å²) in [5.74, 6) is 6.79. The van der Waals surface area contributed by atoms with Crippen molar-refractivity contribution in [1.82, 2.24) is 4.98 Å². The lowest BCUT2D eigenvalue weighted by atomic mass is 9.82. The fourth-order valence-corrected chi connectivity index (χ4v) is 3.29. The topological polar surface area (TPSA) is 45.1 Å². The van der Waals surface area contributed by atoms with Crippen molar-refractivity contribution in [2.24, 2.45) is 0 Å². The van der Waals surface area contributed by atoms with Crippen LogP contribution in [0.2, 0.25) is 10.0 Å². The van der Waals surface area contributed by atoms with Crippen LogP contribution < -0.4 is 5.32 Å². The molecule has 1 aliphatic rings. The largest absolute Gasteiger partial charge is 0.378 e. The summed E-state index contributed by atoms with van der Waals surface area (Å²) in [7, 11) is 0. The molecule has 0 saturated heterocycles. The van der Waals surface area contributed by atoms with E-state index in [-0.39, 0.29) is 6.04 Å². The Balaban J connectivity index is 1.70. The second kappa shape index (κ2) is 7.44. The highest BCUT2D eigenvalue weighted by Gasteiger charge is 2.32. The third-order valence-corrected chi connectivity index (χ3v) is 4.54. The van der Waals surface area contributed by atoms with Crippen LogP contribution in [0, 0.1) is 11.8 Å². The van der Waals surface area contributed by atoms with Gasteiger partial charge in [0.05, 0.1) is 0 Å². The number of benzene rings is 1. The molecule has 3 nitrogen and oxygen atoms in total. The second-order valence-electron chi connectivity index (χ2n) is 6.09. The van der Waals surface area contributed by atoms with E-state index in [9.17, 15) is 5.11 Å². The third-order valence-electron chi connectivity index (χ3n) is 4.07. The van der Waals surface area contributed by atoms with Gasteiger partial charge in [-0.25, -0.2) is 4.98 Å². The van der Waals surface area contributed by atoms with Crippen LogP contribution >= 0.6 is 23.2 Å². The van der Waals surface area contributed by atoms with Gasteiger partial charge in [-0.15, -0.1) is 0 Å². The highest BCUT2D eigenvalue weighted by molar-refractivity contribution is 6.31. The summed E-state index contributed by atoms with van der Waals surface area (Å²) >= 11 is 12.0. The summed E-state index contributed by atoms with van der Waals surface area (Å²) in [6.07, 6.45) is 4.75. The van der Waals surface area contributed by atoms with E-state index in [0.29, 0.717) is 22.9 Å². The minimum Gasteiger partial charge on any atom is -0.378 e. The summed E-state index contributed by atoms with van der Waals surface area (Å²) in [5.41, 5.74) is -0.195. The van der Waals surface area contributed by atoms with Crippen molar-refractivity contribution in [3.63, 3.8) is 0 Å². The third kappa shape index (κ3) is 4.64. The highest BCUT2D eigenvalue weighted by Crippen LogP contribution is 2.30. The molecule has 0 radical (unpaired) electrons. The molecular weight excluding hydrogens is 343 g/mol. The maximum atomic E-state index is 10.8. The number of rotatable bonds is 2. The number of hydrogen-bond donors (Lipinski definition) is 2. The van der Waals surface area contributed by atoms with Gasteiger partial charge in [0.2, 0.25) is 0 Å². The first-order valence-corrected chi connectivity index (χ1v) is 8.67. The molecule has 1 aromatic carbocycles. The average Bonchev–Trinajstić information content (AvgIpc) is 2.53. The second-order valence-corrected chi connectivity index (χ2v) is 6.96. The maximum absolute atomic E-state index is 10.8. The van der Waals surface area contributed by atoms with Crippen LogP contribution in [-0.2, 0) is 0 Å². The van der Waals surface area contributed by atoms with Crippen molar-refractivity contribution < 1.29 is 5.11 Å². The molecule has 1 fully saturated rings. The number of hydrogen-bond acceptors (Lipinski definition) is 3. The molecule has 0 spiro atoms. The van der Waals surface area contributed by atoms with Gasteiger partial charge in [-0.3, -0.25) is 0 Å². The van der Waals surface area contributed by atoms with Crippen molar-refractivity contribution in [2.45, 2.75) is 37.3 Å². The predicted octanol–water partition coefficient (Wildman–Crippen LogP) is 4.53. The van der Waals surface area contributed by atoms with E-state index < -0.39 is 5.60 Å². The summed E-state index contributed by atoms with van der Waals surface area (Å²) < 4.78 is 0. The Morgan fingerprint density at radius 1 is 1.21 bits per heavy atom. The Morgan fingerprint density at radius 3 is 2.83 bits per heavy atom. The number of nitrogens with zero attached hydrogens (tertiary/aromatic N) is 1. The number of halogens is 2. The Bertz CT molecular complexity index is 784. The van der Waals surface area contributed by atoms with Gasteiger partial charge >= 0.3 is 0 Å². The van der Waals surface area contributed by atoms with E-state index in [1.807, 2.05) is 12.1 Å².